The van der Waals surface area contributed by atoms with Crippen LogP contribution in [-0.4, -0.2) is 32.9 Å². The Bertz CT molecular complexity index is 926. The monoisotopic (exact) mass is 389 g/mol. The molecule has 1 aliphatic rings. The molecule has 8 heteroatoms. The first-order chi connectivity index (χ1) is 13.0. The van der Waals surface area contributed by atoms with Crippen LogP contribution in [0.5, 0.6) is 11.5 Å². The van der Waals surface area contributed by atoms with E-state index in [9.17, 15) is 14.7 Å². The molecule has 0 saturated carbocycles. The van der Waals surface area contributed by atoms with Gasteiger partial charge in [0.1, 0.15) is 5.82 Å². The zero-order valence-corrected chi connectivity index (χ0v) is 16.4. The number of fused-ring (bicyclic) bond motifs is 1. The maximum absolute atomic E-state index is 12.8. The molecule has 0 unspecified atom stereocenters. The van der Waals surface area contributed by atoms with Crippen LogP contribution < -0.4 is 15.6 Å². The van der Waals surface area contributed by atoms with E-state index in [1.807, 2.05) is 6.92 Å². The van der Waals surface area contributed by atoms with E-state index in [1.165, 1.54) is 17.8 Å². The number of anilines is 1. The molecule has 3 rings (SSSR count). The number of hydrogen-bond donors (Lipinski definition) is 2. The molecule has 0 bridgehead atoms. The maximum atomic E-state index is 12.8. The van der Waals surface area contributed by atoms with Gasteiger partial charge in [-0.15, -0.1) is 0 Å². The van der Waals surface area contributed by atoms with Gasteiger partial charge in [-0.25, -0.2) is 0 Å². The first kappa shape index (κ1) is 19.3. The number of rotatable bonds is 6. The predicted octanol–water partition coefficient (Wildman–Crippen LogP) is 2.86. The molecule has 1 aromatic carbocycles. The van der Waals surface area contributed by atoms with Gasteiger partial charge in [-0.2, -0.15) is 4.98 Å². The zero-order valence-electron chi connectivity index (χ0n) is 15.6. The molecular formula is C19H23N3O4S. The predicted molar refractivity (Wildman–Crippen MR) is 105 cm³/mol. The third-order valence-corrected chi connectivity index (χ3v) is 5.66. The molecular weight excluding hydrogens is 366 g/mol. The summed E-state index contributed by atoms with van der Waals surface area (Å²) in [6.45, 7) is 4.28. The van der Waals surface area contributed by atoms with E-state index in [0.29, 0.717) is 28.9 Å². The fraction of sp³-hybridized carbons (Fsp3) is 0.421. The minimum absolute atomic E-state index is 0.0263. The largest absolute Gasteiger partial charge is 0.504 e. The van der Waals surface area contributed by atoms with Crippen LogP contribution in [0.3, 0.4) is 0 Å². The van der Waals surface area contributed by atoms with Gasteiger partial charge < -0.3 is 19.7 Å². The SMILES string of the molecule is CCCSc1nc(=O)c2c(n1C)NC(=O)C[C@H]2c1ccc(O)c(OCC)c1. The van der Waals surface area contributed by atoms with Crippen LogP contribution in [0.15, 0.2) is 28.2 Å². The molecule has 1 aliphatic heterocycles. The number of hydrogen-bond acceptors (Lipinski definition) is 6. The van der Waals surface area contributed by atoms with Crippen molar-refractivity contribution in [3.63, 3.8) is 0 Å². The number of carbonyl (C=O) groups is 1. The number of phenols is 1. The number of benzene rings is 1. The minimum Gasteiger partial charge on any atom is -0.504 e. The summed E-state index contributed by atoms with van der Waals surface area (Å²) < 4.78 is 7.22. The number of thioether (sulfide) groups is 1. The molecule has 0 aliphatic carbocycles. The van der Waals surface area contributed by atoms with Crippen molar-refractivity contribution in [1.82, 2.24) is 9.55 Å². The van der Waals surface area contributed by atoms with Gasteiger partial charge in [0.25, 0.3) is 5.56 Å². The molecule has 144 valence electrons. The van der Waals surface area contributed by atoms with Crippen LogP contribution in [-0.2, 0) is 11.8 Å². The molecule has 1 amide bonds. The van der Waals surface area contributed by atoms with Gasteiger partial charge in [-0.3, -0.25) is 9.59 Å². The summed E-state index contributed by atoms with van der Waals surface area (Å²) in [6.07, 6.45) is 1.10. The fourth-order valence-electron chi connectivity index (χ4n) is 3.16. The van der Waals surface area contributed by atoms with Gasteiger partial charge in [0, 0.05) is 25.1 Å². The first-order valence-corrected chi connectivity index (χ1v) is 9.94. The highest BCUT2D eigenvalue weighted by Gasteiger charge is 2.32. The Morgan fingerprint density at radius 3 is 2.85 bits per heavy atom. The highest BCUT2D eigenvalue weighted by atomic mass is 32.2. The number of ether oxygens (including phenoxy) is 1. The molecule has 7 nitrogen and oxygen atoms in total. The average molecular weight is 389 g/mol. The topological polar surface area (TPSA) is 93.5 Å². The summed E-state index contributed by atoms with van der Waals surface area (Å²) in [5.74, 6) is 1.09. The summed E-state index contributed by atoms with van der Waals surface area (Å²) in [6, 6.07) is 4.92. The normalized spacial score (nSPS) is 16.0. The van der Waals surface area contributed by atoms with E-state index in [1.54, 1.807) is 23.7 Å². The number of carbonyl (C=O) groups excluding carboxylic acids is 1. The van der Waals surface area contributed by atoms with Crippen molar-refractivity contribution in [3.8, 4) is 11.5 Å². The summed E-state index contributed by atoms with van der Waals surface area (Å²) >= 11 is 1.49. The van der Waals surface area contributed by atoms with Crippen molar-refractivity contribution in [2.75, 3.05) is 17.7 Å². The van der Waals surface area contributed by atoms with Gasteiger partial charge in [0.05, 0.1) is 12.2 Å². The second kappa shape index (κ2) is 8.04. The smallest absolute Gasteiger partial charge is 0.279 e. The van der Waals surface area contributed by atoms with E-state index in [0.717, 1.165) is 17.7 Å². The summed E-state index contributed by atoms with van der Waals surface area (Å²) in [5, 5.41) is 13.4. The molecule has 2 heterocycles. The van der Waals surface area contributed by atoms with Crippen molar-refractivity contribution >= 4 is 23.5 Å². The Morgan fingerprint density at radius 1 is 1.37 bits per heavy atom. The van der Waals surface area contributed by atoms with Crippen molar-refractivity contribution in [2.24, 2.45) is 7.05 Å². The Balaban J connectivity index is 2.11. The quantitative estimate of drug-likeness (QED) is 0.583. The van der Waals surface area contributed by atoms with Crippen LogP contribution in [0.1, 0.15) is 43.7 Å². The number of nitrogens with one attached hydrogen (secondary N) is 1. The summed E-state index contributed by atoms with van der Waals surface area (Å²) in [4.78, 5) is 29.4. The fourth-order valence-corrected chi connectivity index (χ4v) is 3.98. The van der Waals surface area contributed by atoms with Crippen LogP contribution in [0.2, 0.25) is 0 Å². The molecule has 0 fully saturated rings. The second-order valence-corrected chi connectivity index (χ2v) is 7.40. The lowest BCUT2D eigenvalue weighted by Gasteiger charge is -2.27. The molecule has 0 spiro atoms. The van der Waals surface area contributed by atoms with Crippen LogP contribution >= 0.6 is 11.8 Å². The van der Waals surface area contributed by atoms with Crippen molar-refractivity contribution < 1.29 is 14.6 Å². The maximum Gasteiger partial charge on any atom is 0.279 e. The summed E-state index contributed by atoms with van der Waals surface area (Å²) in [5.41, 5.74) is 0.865. The molecule has 1 atom stereocenters. The second-order valence-electron chi connectivity index (χ2n) is 6.33. The van der Waals surface area contributed by atoms with Crippen molar-refractivity contribution in [1.29, 1.82) is 0 Å². The number of phenolic OH excluding ortho intramolecular Hbond substituents is 1. The van der Waals surface area contributed by atoms with Crippen LogP contribution in [0.25, 0.3) is 0 Å². The Labute approximate surface area is 161 Å². The number of aromatic nitrogens is 2. The summed E-state index contributed by atoms with van der Waals surface area (Å²) in [7, 11) is 1.80. The average Bonchev–Trinajstić information content (AvgIpc) is 2.64. The lowest BCUT2D eigenvalue weighted by atomic mass is 9.86. The lowest BCUT2D eigenvalue weighted by Crippen LogP contribution is -2.33. The third-order valence-electron chi connectivity index (χ3n) is 4.42. The minimum atomic E-state index is -0.440. The van der Waals surface area contributed by atoms with E-state index in [4.69, 9.17) is 4.74 Å². The number of amides is 1. The molecule has 2 aromatic rings. The highest BCUT2D eigenvalue weighted by molar-refractivity contribution is 7.99. The first-order valence-electron chi connectivity index (χ1n) is 8.95. The number of aromatic hydroxyl groups is 1. The Morgan fingerprint density at radius 2 is 2.15 bits per heavy atom. The standard InChI is InChI=1S/C19H23N3O4S/c1-4-8-27-19-21-18(25)16-12(10-15(24)20-17(16)22(19)3)11-6-7-13(23)14(9-11)26-5-2/h6-7,9,12,23H,4-5,8,10H2,1-3H3,(H,20,24)/t12-/m0/s1. The third kappa shape index (κ3) is 3.80. The van der Waals surface area contributed by atoms with Gasteiger partial charge in [-0.1, -0.05) is 24.8 Å². The van der Waals surface area contributed by atoms with Crippen LogP contribution in [0, 0.1) is 0 Å². The zero-order chi connectivity index (χ0) is 19.6. The van der Waals surface area contributed by atoms with Gasteiger partial charge in [-0.05, 0) is 31.0 Å². The van der Waals surface area contributed by atoms with Gasteiger partial charge >= 0.3 is 0 Å². The molecule has 2 N–H and O–H groups in total. The highest BCUT2D eigenvalue weighted by Crippen LogP contribution is 2.38. The lowest BCUT2D eigenvalue weighted by molar-refractivity contribution is -0.116. The Hall–Kier alpha value is -2.48. The van der Waals surface area contributed by atoms with E-state index >= 15 is 0 Å². The molecule has 0 radical (unpaired) electrons. The van der Waals surface area contributed by atoms with E-state index < -0.39 is 5.92 Å². The van der Waals surface area contributed by atoms with Gasteiger partial charge in [0.15, 0.2) is 16.7 Å². The molecule has 0 saturated heterocycles. The van der Waals surface area contributed by atoms with E-state index in [2.05, 4.69) is 17.2 Å². The van der Waals surface area contributed by atoms with Crippen molar-refractivity contribution in [2.45, 2.75) is 37.8 Å². The van der Waals surface area contributed by atoms with Gasteiger partial charge in [0.2, 0.25) is 5.91 Å². The molecule has 1 aromatic heterocycles. The van der Waals surface area contributed by atoms with Crippen LogP contribution in [0.4, 0.5) is 5.82 Å². The van der Waals surface area contributed by atoms with E-state index in [-0.39, 0.29) is 23.6 Å². The number of nitrogens with zero attached hydrogens (tertiary/aromatic N) is 2. The Kier molecular flexibility index (Phi) is 5.74. The van der Waals surface area contributed by atoms with Crippen molar-refractivity contribution in [3.05, 3.63) is 39.7 Å². The molecule has 27 heavy (non-hydrogen) atoms.